The summed E-state index contributed by atoms with van der Waals surface area (Å²) in [5.41, 5.74) is 0.952. The number of nitrogens with zero attached hydrogens (tertiary/aromatic N) is 1. The van der Waals surface area contributed by atoms with E-state index in [9.17, 15) is 4.79 Å². The van der Waals surface area contributed by atoms with Gasteiger partial charge in [-0.15, -0.1) is 0 Å². The van der Waals surface area contributed by atoms with Crippen LogP contribution in [-0.4, -0.2) is 30.7 Å². The Morgan fingerprint density at radius 3 is 2.80 bits per heavy atom. The SMILES string of the molecule is CC1CCN(C(=O)/C=C\c2ccc3c(c2)OCO3)CC1. The molecule has 4 heteroatoms. The molecular formula is C16H19NO3. The van der Waals surface area contributed by atoms with E-state index in [1.54, 1.807) is 6.08 Å². The minimum atomic E-state index is 0.0922. The summed E-state index contributed by atoms with van der Waals surface area (Å²) in [6.45, 7) is 4.24. The fourth-order valence-corrected chi connectivity index (χ4v) is 2.52. The Balaban J connectivity index is 1.63. The van der Waals surface area contributed by atoms with Crippen LogP contribution in [0.4, 0.5) is 0 Å². The summed E-state index contributed by atoms with van der Waals surface area (Å²) in [6.07, 6.45) is 5.68. The van der Waals surface area contributed by atoms with Crippen LogP contribution in [0.25, 0.3) is 6.08 Å². The maximum absolute atomic E-state index is 12.1. The van der Waals surface area contributed by atoms with Crippen molar-refractivity contribution in [1.82, 2.24) is 4.90 Å². The molecule has 0 spiro atoms. The van der Waals surface area contributed by atoms with E-state index >= 15 is 0 Å². The molecule has 0 radical (unpaired) electrons. The molecule has 2 aliphatic rings. The molecule has 0 aliphatic carbocycles. The second-order valence-corrected chi connectivity index (χ2v) is 5.45. The molecule has 0 aromatic heterocycles. The first-order chi connectivity index (χ1) is 9.72. The van der Waals surface area contributed by atoms with Gasteiger partial charge in [-0.25, -0.2) is 0 Å². The Hall–Kier alpha value is -1.97. The molecule has 1 saturated heterocycles. The van der Waals surface area contributed by atoms with Crippen LogP contribution in [0.2, 0.25) is 0 Å². The third-order valence-corrected chi connectivity index (χ3v) is 3.91. The molecule has 1 fully saturated rings. The van der Waals surface area contributed by atoms with Gasteiger partial charge in [0.05, 0.1) is 0 Å². The van der Waals surface area contributed by atoms with Gasteiger partial charge in [-0.2, -0.15) is 0 Å². The van der Waals surface area contributed by atoms with Gasteiger partial charge in [0, 0.05) is 19.2 Å². The molecule has 1 amide bonds. The standard InChI is InChI=1S/C16H19NO3/c1-12-6-8-17(9-7-12)16(18)5-3-13-2-4-14-15(10-13)20-11-19-14/h2-5,10,12H,6-9,11H2,1H3/b5-3-. The zero-order valence-corrected chi connectivity index (χ0v) is 11.7. The van der Waals surface area contributed by atoms with Crippen molar-refractivity contribution in [3.8, 4) is 11.5 Å². The molecule has 0 atom stereocenters. The zero-order chi connectivity index (χ0) is 13.9. The highest BCUT2D eigenvalue weighted by atomic mass is 16.7. The maximum Gasteiger partial charge on any atom is 0.246 e. The zero-order valence-electron chi connectivity index (χ0n) is 11.7. The summed E-state index contributed by atoms with van der Waals surface area (Å²) in [5.74, 6) is 2.33. The number of rotatable bonds is 2. The first-order valence-electron chi connectivity index (χ1n) is 7.09. The molecule has 4 nitrogen and oxygen atoms in total. The van der Waals surface area contributed by atoms with E-state index in [4.69, 9.17) is 9.47 Å². The molecule has 0 bridgehead atoms. The van der Waals surface area contributed by atoms with Crippen molar-refractivity contribution in [3.05, 3.63) is 29.8 Å². The second kappa shape index (κ2) is 5.57. The molecule has 0 saturated carbocycles. The number of hydrogen-bond donors (Lipinski definition) is 0. The number of carbonyl (C=O) groups excluding carboxylic acids is 1. The van der Waals surface area contributed by atoms with Crippen molar-refractivity contribution >= 4 is 12.0 Å². The fourth-order valence-electron chi connectivity index (χ4n) is 2.52. The van der Waals surface area contributed by atoms with Crippen LogP contribution in [0, 0.1) is 5.92 Å². The maximum atomic E-state index is 12.1. The van der Waals surface area contributed by atoms with E-state index in [-0.39, 0.29) is 12.7 Å². The fraction of sp³-hybridized carbons (Fsp3) is 0.438. The molecule has 106 valence electrons. The number of amides is 1. The van der Waals surface area contributed by atoms with Gasteiger partial charge in [0.2, 0.25) is 12.7 Å². The van der Waals surface area contributed by atoms with Gasteiger partial charge in [0.25, 0.3) is 0 Å². The Morgan fingerprint density at radius 2 is 2.00 bits per heavy atom. The third kappa shape index (κ3) is 2.79. The van der Waals surface area contributed by atoms with Crippen LogP contribution in [0.1, 0.15) is 25.3 Å². The Bertz CT molecular complexity index is 531. The number of ether oxygens (including phenoxy) is 2. The Morgan fingerprint density at radius 1 is 1.25 bits per heavy atom. The van der Waals surface area contributed by atoms with Crippen LogP contribution in [0.3, 0.4) is 0 Å². The van der Waals surface area contributed by atoms with Crippen molar-refractivity contribution in [3.63, 3.8) is 0 Å². The third-order valence-electron chi connectivity index (χ3n) is 3.91. The summed E-state index contributed by atoms with van der Waals surface area (Å²) in [7, 11) is 0. The number of carbonyl (C=O) groups is 1. The van der Waals surface area contributed by atoms with Crippen LogP contribution in [0.5, 0.6) is 11.5 Å². The summed E-state index contributed by atoms with van der Waals surface area (Å²) in [5, 5.41) is 0. The lowest BCUT2D eigenvalue weighted by atomic mass is 9.99. The smallest absolute Gasteiger partial charge is 0.246 e. The molecule has 2 aliphatic heterocycles. The summed E-state index contributed by atoms with van der Waals surface area (Å²) in [6, 6.07) is 5.69. The first-order valence-corrected chi connectivity index (χ1v) is 7.09. The summed E-state index contributed by atoms with van der Waals surface area (Å²) < 4.78 is 10.6. The number of likely N-dealkylation sites (tertiary alicyclic amines) is 1. The van der Waals surface area contributed by atoms with Crippen molar-refractivity contribution in [2.75, 3.05) is 19.9 Å². The largest absolute Gasteiger partial charge is 0.454 e. The van der Waals surface area contributed by atoms with Gasteiger partial charge in [-0.05, 0) is 42.5 Å². The number of benzene rings is 1. The lowest BCUT2D eigenvalue weighted by Gasteiger charge is -2.29. The predicted molar refractivity (Wildman–Crippen MR) is 76.6 cm³/mol. The lowest BCUT2D eigenvalue weighted by Crippen LogP contribution is -2.36. The number of hydrogen-bond acceptors (Lipinski definition) is 3. The minimum Gasteiger partial charge on any atom is -0.454 e. The van der Waals surface area contributed by atoms with Crippen molar-refractivity contribution in [2.45, 2.75) is 19.8 Å². The molecule has 1 aromatic rings. The molecular weight excluding hydrogens is 254 g/mol. The Kier molecular flexibility index (Phi) is 3.63. The van der Waals surface area contributed by atoms with E-state index in [1.807, 2.05) is 29.2 Å². The Labute approximate surface area is 119 Å². The molecule has 20 heavy (non-hydrogen) atoms. The van der Waals surface area contributed by atoms with Crippen LogP contribution in [0.15, 0.2) is 24.3 Å². The minimum absolute atomic E-state index is 0.0922. The highest BCUT2D eigenvalue weighted by Crippen LogP contribution is 2.32. The van der Waals surface area contributed by atoms with Crippen molar-refractivity contribution in [1.29, 1.82) is 0 Å². The summed E-state index contributed by atoms with van der Waals surface area (Å²) in [4.78, 5) is 14.0. The molecule has 1 aromatic carbocycles. The van der Waals surface area contributed by atoms with Gasteiger partial charge in [0.15, 0.2) is 11.5 Å². The van der Waals surface area contributed by atoms with Crippen molar-refractivity contribution in [2.24, 2.45) is 5.92 Å². The highest BCUT2D eigenvalue weighted by Gasteiger charge is 2.18. The van der Waals surface area contributed by atoms with Crippen LogP contribution >= 0.6 is 0 Å². The normalized spacial score (nSPS) is 18.8. The quantitative estimate of drug-likeness (QED) is 0.778. The molecule has 0 unspecified atom stereocenters. The topological polar surface area (TPSA) is 38.8 Å². The average Bonchev–Trinajstić information content (AvgIpc) is 2.93. The van der Waals surface area contributed by atoms with E-state index in [2.05, 4.69) is 6.92 Å². The lowest BCUT2D eigenvalue weighted by molar-refractivity contribution is -0.127. The monoisotopic (exact) mass is 273 g/mol. The second-order valence-electron chi connectivity index (χ2n) is 5.45. The average molecular weight is 273 g/mol. The van der Waals surface area contributed by atoms with Crippen LogP contribution in [-0.2, 0) is 4.79 Å². The van der Waals surface area contributed by atoms with E-state index < -0.39 is 0 Å². The van der Waals surface area contributed by atoms with Crippen molar-refractivity contribution < 1.29 is 14.3 Å². The van der Waals surface area contributed by atoms with E-state index in [1.165, 1.54) is 0 Å². The van der Waals surface area contributed by atoms with Crippen LogP contribution < -0.4 is 9.47 Å². The van der Waals surface area contributed by atoms with Gasteiger partial charge >= 0.3 is 0 Å². The van der Waals surface area contributed by atoms with Gasteiger partial charge < -0.3 is 14.4 Å². The molecule has 3 rings (SSSR count). The van der Waals surface area contributed by atoms with Gasteiger partial charge in [-0.1, -0.05) is 13.0 Å². The molecule has 2 heterocycles. The van der Waals surface area contributed by atoms with Gasteiger partial charge in [-0.3, -0.25) is 4.79 Å². The van der Waals surface area contributed by atoms with E-state index in [0.717, 1.165) is 48.9 Å². The van der Waals surface area contributed by atoms with E-state index in [0.29, 0.717) is 0 Å². The number of piperidine rings is 1. The first kappa shape index (κ1) is 13.0. The molecule has 0 N–H and O–H groups in total. The highest BCUT2D eigenvalue weighted by molar-refractivity contribution is 5.91. The number of fused-ring (bicyclic) bond motifs is 1. The van der Waals surface area contributed by atoms with Gasteiger partial charge in [0.1, 0.15) is 0 Å². The summed E-state index contributed by atoms with van der Waals surface area (Å²) >= 11 is 0. The predicted octanol–water partition coefficient (Wildman–Crippen LogP) is 2.69.